The summed E-state index contributed by atoms with van der Waals surface area (Å²) in [6, 6.07) is 0. The second-order valence-electron chi connectivity index (χ2n) is 15.2. The molecule has 0 radical (unpaired) electrons. The first-order valence-corrected chi connectivity index (χ1v) is 29.0. The molecule has 0 spiro atoms. The fraction of sp³-hybridized carbons (Fsp3) is 1.00. The van der Waals surface area contributed by atoms with Crippen LogP contribution in [0.25, 0.3) is 9.30 Å². The molecule has 0 unspecified atom stereocenters. The molecule has 0 heterocycles. The van der Waals surface area contributed by atoms with Gasteiger partial charge in [-0.15, -0.1) is 36.6 Å². The maximum absolute atomic E-state index is 9.53. The summed E-state index contributed by atoms with van der Waals surface area (Å²) in [4.78, 5) is 0. The second-order valence-corrected chi connectivity index (χ2v) is 34.4. The minimum absolute atomic E-state index is 0. The Hall–Kier alpha value is 3.30. The average Bonchev–Trinajstić information content (AvgIpc) is 2.43. The van der Waals surface area contributed by atoms with Crippen LogP contribution in [-0.4, -0.2) is 69.6 Å². The van der Waals surface area contributed by atoms with E-state index >= 15 is 0 Å². The van der Waals surface area contributed by atoms with Crippen molar-refractivity contribution in [1.82, 2.24) is 0 Å². The fourth-order valence-electron chi connectivity index (χ4n) is 2.01. The van der Waals surface area contributed by atoms with Gasteiger partial charge in [0.1, 0.15) is 0 Å². The van der Waals surface area contributed by atoms with Crippen LogP contribution in [0, 0.1) is 83.5 Å². The third-order valence-electron chi connectivity index (χ3n) is 1.34. The Labute approximate surface area is 350 Å². The summed E-state index contributed by atoms with van der Waals surface area (Å²) in [6.45, 7) is 46.9. The van der Waals surface area contributed by atoms with Crippen LogP contribution in [0.1, 0.15) is 83.1 Å². The molecule has 0 atom stereocenters. The van der Waals surface area contributed by atoms with Crippen molar-refractivity contribution in [2.24, 2.45) is 0 Å². The van der Waals surface area contributed by atoms with Crippen molar-refractivity contribution in [2.45, 2.75) is 198 Å². The van der Waals surface area contributed by atoms with Crippen molar-refractivity contribution >= 4 is 32.9 Å². The molecular formula is C30H78Ce2N2O6Si4. The maximum Gasteiger partial charge on any atom is 4.00 e. The molecule has 0 saturated heterocycles. The monoisotopic (exact) mass is 954 g/mol. The molecule has 0 aliphatic rings. The summed E-state index contributed by atoms with van der Waals surface area (Å²) in [5.41, 5.74) is 0. The van der Waals surface area contributed by atoms with Crippen LogP contribution in [0.4, 0.5) is 0 Å². The Morgan fingerprint density at radius 2 is 0.318 bits per heavy atom. The standard InChI is InChI=1S/2C6H18NSi2.6C3H7O.2Ce/c2*1-8(2,3)7-9(4,5)6;6*1-3(2)4;;/h2*1-6H3;6*3H,1-2H3;;/q8*-1;2*+4. The molecule has 14 heteroatoms. The van der Waals surface area contributed by atoms with Crippen molar-refractivity contribution in [1.29, 1.82) is 0 Å². The third kappa shape index (κ3) is 380. The molecule has 0 aliphatic heterocycles. The molecule has 0 saturated carbocycles. The summed E-state index contributed by atoms with van der Waals surface area (Å²) in [6.07, 6.45) is -2.50. The van der Waals surface area contributed by atoms with Gasteiger partial charge in [0.2, 0.25) is 0 Å². The molecular weight excluding hydrogens is 877 g/mol. The summed E-state index contributed by atoms with van der Waals surface area (Å²) >= 11 is 0. The van der Waals surface area contributed by atoms with E-state index in [9.17, 15) is 30.6 Å². The van der Waals surface area contributed by atoms with Gasteiger partial charge in [-0.3, -0.25) is 0 Å². The molecule has 44 heavy (non-hydrogen) atoms. The molecule has 8 nitrogen and oxygen atoms in total. The summed E-state index contributed by atoms with van der Waals surface area (Å²) < 4.78 is 9.64. The number of nitrogens with zero attached hydrogens (tertiary/aromatic N) is 2. The number of hydrogen-bond donors (Lipinski definition) is 0. The van der Waals surface area contributed by atoms with Gasteiger partial charge in [0.15, 0.2) is 0 Å². The Kier molecular flexibility index (Phi) is 70.3. The molecule has 0 aromatic carbocycles. The number of hydrogen-bond acceptors (Lipinski definition) is 6. The van der Waals surface area contributed by atoms with Gasteiger partial charge in [-0.05, 0) is 0 Å². The Bertz CT molecular complexity index is 383. The van der Waals surface area contributed by atoms with Crippen LogP contribution < -0.4 is 30.6 Å². The van der Waals surface area contributed by atoms with Crippen LogP contribution in [0.15, 0.2) is 0 Å². The van der Waals surface area contributed by atoms with Gasteiger partial charge in [0.25, 0.3) is 0 Å². The van der Waals surface area contributed by atoms with Gasteiger partial charge < -0.3 is 39.9 Å². The van der Waals surface area contributed by atoms with Crippen LogP contribution in [-0.2, 0) is 0 Å². The first-order chi connectivity index (χ1) is 17.8. The van der Waals surface area contributed by atoms with Crippen LogP contribution in [0.2, 0.25) is 78.6 Å². The molecule has 0 aliphatic carbocycles. The molecule has 0 amide bonds. The van der Waals surface area contributed by atoms with E-state index in [1.807, 2.05) is 0 Å². The molecule has 0 aromatic rings. The molecule has 0 N–H and O–H groups in total. The Balaban J connectivity index is -0.0000000386. The molecule has 0 aromatic heterocycles. The van der Waals surface area contributed by atoms with Gasteiger partial charge in [0.05, 0.1) is 0 Å². The van der Waals surface area contributed by atoms with E-state index in [0.29, 0.717) is 0 Å². The third-order valence-corrected chi connectivity index (χ3v) is 12.1. The minimum Gasteiger partial charge on any atom is -0.852 e. The fourth-order valence-corrected chi connectivity index (χ4v) is 18.1. The summed E-state index contributed by atoms with van der Waals surface area (Å²) in [7, 11) is -4.42. The minimum atomic E-state index is -1.11. The van der Waals surface area contributed by atoms with Crippen molar-refractivity contribution < 1.29 is 114 Å². The van der Waals surface area contributed by atoms with Gasteiger partial charge in [-0.2, -0.15) is 0 Å². The van der Waals surface area contributed by atoms with Crippen molar-refractivity contribution in [3.05, 3.63) is 9.30 Å². The Morgan fingerprint density at radius 1 is 0.273 bits per heavy atom. The zero-order chi connectivity index (χ0) is 36.9. The zero-order valence-electron chi connectivity index (χ0n) is 33.8. The number of rotatable bonds is 4. The normalized spacial score (nSPS) is 10.6. The zero-order valence-corrected chi connectivity index (χ0v) is 44.1. The molecule has 0 rings (SSSR count). The maximum atomic E-state index is 9.53. The van der Waals surface area contributed by atoms with E-state index in [-0.39, 0.29) is 83.5 Å². The van der Waals surface area contributed by atoms with E-state index in [1.54, 1.807) is 83.1 Å². The van der Waals surface area contributed by atoms with E-state index in [0.717, 1.165) is 0 Å². The topological polar surface area (TPSA) is 167 Å². The molecule has 0 bridgehead atoms. The first kappa shape index (κ1) is 72.9. The van der Waals surface area contributed by atoms with Crippen LogP contribution in [0.3, 0.4) is 0 Å². The van der Waals surface area contributed by atoms with Gasteiger partial charge >= 0.3 is 83.5 Å². The van der Waals surface area contributed by atoms with E-state index in [1.165, 1.54) is 0 Å². The van der Waals surface area contributed by atoms with Gasteiger partial charge in [-0.25, -0.2) is 0 Å². The van der Waals surface area contributed by atoms with Gasteiger partial charge in [-0.1, -0.05) is 195 Å². The predicted molar refractivity (Wildman–Crippen MR) is 191 cm³/mol. The van der Waals surface area contributed by atoms with E-state index in [2.05, 4.69) is 78.6 Å². The molecule has 268 valence electrons. The largest absolute Gasteiger partial charge is 4.00 e. The van der Waals surface area contributed by atoms with Crippen LogP contribution in [0.5, 0.6) is 0 Å². The average molecular weight is 956 g/mol. The summed E-state index contributed by atoms with van der Waals surface area (Å²) in [5, 5.41) is 57.2. The predicted octanol–water partition coefficient (Wildman–Crippen LogP) is 4.59. The van der Waals surface area contributed by atoms with Gasteiger partial charge in [0, 0.05) is 0 Å². The summed E-state index contributed by atoms with van der Waals surface area (Å²) in [5.74, 6) is 0. The van der Waals surface area contributed by atoms with Crippen LogP contribution >= 0.6 is 0 Å². The SMILES string of the molecule is CC(C)[O-].CC(C)[O-].CC(C)[O-].CC(C)[O-].CC(C)[O-].CC(C)[O-].C[Si](C)(C)[N-][Si](C)(C)C.C[Si](C)(C)[N-][Si](C)(C)C.[Ce+4].[Ce+4]. The van der Waals surface area contributed by atoms with E-state index < -0.39 is 69.6 Å². The Morgan fingerprint density at radius 3 is 0.318 bits per heavy atom. The second kappa shape index (κ2) is 42.5. The smallest absolute Gasteiger partial charge is 0.852 e. The van der Waals surface area contributed by atoms with Crippen molar-refractivity contribution in [3.63, 3.8) is 0 Å². The quantitative estimate of drug-likeness (QED) is 0.374. The van der Waals surface area contributed by atoms with E-state index in [4.69, 9.17) is 9.30 Å². The first-order valence-electron chi connectivity index (χ1n) is 15.2. The van der Waals surface area contributed by atoms with Crippen molar-refractivity contribution in [3.8, 4) is 0 Å². The molecule has 0 fully saturated rings. The van der Waals surface area contributed by atoms with Crippen molar-refractivity contribution in [2.75, 3.05) is 0 Å².